The monoisotopic (exact) mass is 321 g/mol. The van der Waals surface area contributed by atoms with Crippen LogP contribution in [0.3, 0.4) is 0 Å². The number of benzene rings is 2. The van der Waals surface area contributed by atoms with Gasteiger partial charge in [-0.05, 0) is 17.2 Å². The Hall–Kier alpha value is -3.21. The molecule has 0 amide bonds. The molecule has 0 aromatic heterocycles. The van der Waals surface area contributed by atoms with E-state index >= 15 is 0 Å². The molecule has 23 heavy (non-hydrogen) atoms. The molecule has 1 N–H and O–H groups in total. The highest BCUT2D eigenvalue weighted by Gasteiger charge is 2.38. The average molecular weight is 321 g/mol. The van der Waals surface area contributed by atoms with Crippen LogP contribution in [0.5, 0.6) is 0 Å². The molecule has 0 radical (unpaired) electrons. The van der Waals surface area contributed by atoms with Crippen LogP contribution in [0.2, 0.25) is 0 Å². The number of halogens is 3. The molecule has 0 unspecified atom stereocenters. The molecule has 0 aliphatic heterocycles. The quantitative estimate of drug-likeness (QED) is 0.634. The van der Waals surface area contributed by atoms with Crippen LogP contribution < -0.4 is 0 Å². The molecule has 1 aliphatic rings. The normalized spacial score (nSPS) is 11.7. The lowest BCUT2D eigenvalue weighted by molar-refractivity contribution is -0.192. The molecule has 2 aromatic rings. The second-order valence-electron chi connectivity index (χ2n) is 4.51. The molecule has 0 fully saturated rings. The molecular weight excluding hydrogens is 313 g/mol. The van der Waals surface area contributed by atoms with Crippen LogP contribution in [0.25, 0.3) is 16.1 Å². The Kier molecular flexibility index (Phi) is 4.14. The number of carboxylic acids is 1. The number of carbonyl (C=O) groups excluding carboxylic acids is 1. The molecule has 0 saturated heterocycles. The molecular formula is C15H8F3N2O3+. The summed E-state index contributed by atoms with van der Waals surface area (Å²) in [6.45, 7) is 0. The molecule has 116 valence electrons. The number of carbonyl (C=O) groups is 2. The Labute approximate surface area is 127 Å². The van der Waals surface area contributed by atoms with E-state index in [1.165, 1.54) is 0 Å². The van der Waals surface area contributed by atoms with Gasteiger partial charge >= 0.3 is 17.8 Å². The number of hydrogen-bond donors (Lipinski definition) is 1. The number of alkyl halides is 3. The average Bonchev–Trinajstić information content (AvgIpc) is 2.80. The minimum Gasteiger partial charge on any atom is -0.475 e. The summed E-state index contributed by atoms with van der Waals surface area (Å²) in [6.07, 6.45) is -5.08. The third kappa shape index (κ3) is 3.18. The molecule has 0 atom stereocenters. The number of ketones is 1. The van der Waals surface area contributed by atoms with Crippen LogP contribution in [0.15, 0.2) is 42.5 Å². The molecule has 3 rings (SSSR count). The Morgan fingerprint density at radius 1 is 1.00 bits per heavy atom. The van der Waals surface area contributed by atoms with Crippen molar-refractivity contribution in [2.24, 2.45) is 0 Å². The standard InChI is InChI=1S/C13H7N2O.C2HF3O2/c14-15-8-5-6-10-9-3-1-2-4-11(9)13(16)12(10)7-8;3-2(4,5)1(6)7/h1-7H;(H,6,7)/q+1;. The van der Waals surface area contributed by atoms with E-state index in [0.29, 0.717) is 16.8 Å². The van der Waals surface area contributed by atoms with E-state index in [2.05, 4.69) is 4.98 Å². The van der Waals surface area contributed by atoms with Gasteiger partial charge in [0.05, 0.1) is 0 Å². The molecule has 0 saturated carbocycles. The SMILES string of the molecule is N#[N+]c1ccc2c(c1)C(=O)c1ccccc1-2.O=C(O)C(F)(F)F. The molecule has 2 aromatic carbocycles. The third-order valence-electron chi connectivity index (χ3n) is 3.07. The van der Waals surface area contributed by atoms with Gasteiger partial charge in [-0.3, -0.25) is 4.79 Å². The predicted octanol–water partition coefficient (Wildman–Crippen LogP) is 4.02. The number of rotatable bonds is 0. The zero-order chi connectivity index (χ0) is 17.2. The molecule has 8 heteroatoms. The summed E-state index contributed by atoms with van der Waals surface area (Å²) < 4.78 is 31.7. The number of aliphatic carboxylic acids is 1. The summed E-state index contributed by atoms with van der Waals surface area (Å²) in [5.74, 6) is -2.76. The smallest absolute Gasteiger partial charge is 0.475 e. The van der Waals surface area contributed by atoms with Gasteiger partial charge in [0.25, 0.3) is 0 Å². The highest BCUT2D eigenvalue weighted by Crippen LogP contribution is 2.37. The van der Waals surface area contributed by atoms with Gasteiger partial charge in [0, 0.05) is 23.3 Å². The Morgan fingerprint density at radius 3 is 2.04 bits per heavy atom. The summed E-state index contributed by atoms with van der Waals surface area (Å²) in [6, 6.07) is 12.6. The lowest BCUT2D eigenvalue weighted by Crippen LogP contribution is -2.21. The molecule has 0 spiro atoms. The summed E-state index contributed by atoms with van der Waals surface area (Å²) in [4.78, 5) is 24.0. The van der Waals surface area contributed by atoms with Gasteiger partial charge in [-0.1, -0.05) is 24.3 Å². The predicted molar refractivity (Wildman–Crippen MR) is 73.7 cm³/mol. The third-order valence-corrected chi connectivity index (χ3v) is 3.07. The Bertz CT molecular complexity index is 839. The van der Waals surface area contributed by atoms with Gasteiger partial charge in [-0.2, -0.15) is 13.2 Å². The zero-order valence-corrected chi connectivity index (χ0v) is 11.3. The maximum atomic E-state index is 12.0. The number of carboxylic acid groups (broad SMARTS) is 1. The van der Waals surface area contributed by atoms with E-state index in [4.69, 9.17) is 15.3 Å². The first kappa shape index (κ1) is 16.2. The lowest BCUT2D eigenvalue weighted by atomic mass is 10.1. The van der Waals surface area contributed by atoms with Crippen LogP contribution in [-0.2, 0) is 4.79 Å². The summed E-state index contributed by atoms with van der Waals surface area (Å²) in [7, 11) is 0. The van der Waals surface area contributed by atoms with Crippen LogP contribution >= 0.6 is 0 Å². The van der Waals surface area contributed by atoms with Crippen molar-refractivity contribution in [3.8, 4) is 11.1 Å². The van der Waals surface area contributed by atoms with Crippen molar-refractivity contribution in [2.75, 3.05) is 0 Å². The van der Waals surface area contributed by atoms with Gasteiger partial charge < -0.3 is 5.11 Å². The maximum absolute atomic E-state index is 12.0. The van der Waals surface area contributed by atoms with Crippen LogP contribution in [0.1, 0.15) is 15.9 Å². The van der Waals surface area contributed by atoms with E-state index in [1.807, 2.05) is 30.3 Å². The molecule has 5 nitrogen and oxygen atoms in total. The number of diazo groups is 1. The van der Waals surface area contributed by atoms with Gasteiger partial charge in [0.15, 0.2) is 10.8 Å². The maximum Gasteiger partial charge on any atom is 0.490 e. The summed E-state index contributed by atoms with van der Waals surface area (Å²) in [5.41, 5.74) is 3.59. The lowest BCUT2D eigenvalue weighted by Gasteiger charge is -1.95. The van der Waals surface area contributed by atoms with Crippen LogP contribution in [0, 0.1) is 5.39 Å². The van der Waals surface area contributed by atoms with Crippen LogP contribution in [-0.4, -0.2) is 23.0 Å². The van der Waals surface area contributed by atoms with Gasteiger partial charge in [-0.15, -0.1) is 0 Å². The fourth-order valence-corrected chi connectivity index (χ4v) is 2.08. The second-order valence-corrected chi connectivity index (χ2v) is 4.51. The topological polar surface area (TPSA) is 82.5 Å². The minimum absolute atomic E-state index is 0.00361. The first-order valence-corrected chi connectivity index (χ1v) is 6.19. The molecule has 0 heterocycles. The largest absolute Gasteiger partial charge is 0.490 e. The Balaban J connectivity index is 0.000000236. The zero-order valence-electron chi connectivity index (χ0n) is 11.3. The van der Waals surface area contributed by atoms with Crippen LogP contribution in [0.4, 0.5) is 18.9 Å². The number of hydrogen-bond acceptors (Lipinski definition) is 3. The number of fused-ring (bicyclic) bond motifs is 3. The van der Waals surface area contributed by atoms with E-state index < -0.39 is 12.1 Å². The van der Waals surface area contributed by atoms with E-state index in [-0.39, 0.29) is 5.78 Å². The Morgan fingerprint density at radius 2 is 1.52 bits per heavy atom. The fourth-order valence-electron chi connectivity index (χ4n) is 2.08. The van der Waals surface area contributed by atoms with Crippen molar-refractivity contribution in [1.29, 1.82) is 5.39 Å². The highest BCUT2D eigenvalue weighted by atomic mass is 19.4. The van der Waals surface area contributed by atoms with Crippen molar-refractivity contribution in [2.45, 2.75) is 6.18 Å². The second kappa shape index (κ2) is 5.88. The van der Waals surface area contributed by atoms with Crippen molar-refractivity contribution in [3.63, 3.8) is 0 Å². The number of nitrogens with zero attached hydrogens (tertiary/aromatic N) is 2. The van der Waals surface area contributed by atoms with E-state index in [9.17, 15) is 18.0 Å². The van der Waals surface area contributed by atoms with E-state index in [0.717, 1.165) is 11.1 Å². The van der Waals surface area contributed by atoms with Crippen molar-refractivity contribution >= 4 is 17.4 Å². The summed E-state index contributed by atoms with van der Waals surface area (Å²) in [5, 5.41) is 15.8. The van der Waals surface area contributed by atoms with Crippen molar-refractivity contribution in [3.05, 3.63) is 58.6 Å². The minimum atomic E-state index is -5.08. The first-order valence-electron chi connectivity index (χ1n) is 6.19. The molecule has 0 bridgehead atoms. The first-order chi connectivity index (χ1) is 10.8. The van der Waals surface area contributed by atoms with Crippen molar-refractivity contribution < 1.29 is 27.9 Å². The molecule has 1 aliphatic carbocycles. The van der Waals surface area contributed by atoms with Crippen molar-refractivity contribution in [1.82, 2.24) is 0 Å². The van der Waals surface area contributed by atoms with Gasteiger partial charge in [0.1, 0.15) is 0 Å². The highest BCUT2D eigenvalue weighted by molar-refractivity contribution is 6.22. The van der Waals surface area contributed by atoms with E-state index in [1.54, 1.807) is 12.1 Å². The van der Waals surface area contributed by atoms with Gasteiger partial charge in [0.2, 0.25) is 5.39 Å². The summed E-state index contributed by atoms with van der Waals surface area (Å²) >= 11 is 0. The van der Waals surface area contributed by atoms with Gasteiger partial charge in [-0.25, -0.2) is 4.79 Å². The fraction of sp³-hybridized carbons (Fsp3) is 0.0667.